The Morgan fingerprint density at radius 2 is 2.27 bits per heavy atom. The van der Waals surface area contributed by atoms with E-state index in [0.717, 1.165) is 40.3 Å². The van der Waals surface area contributed by atoms with Gasteiger partial charge in [-0.05, 0) is 19.9 Å². The summed E-state index contributed by atoms with van der Waals surface area (Å²) in [6.45, 7) is 5.51. The first-order valence-electron chi connectivity index (χ1n) is 6.94. The lowest BCUT2D eigenvalue weighted by Gasteiger charge is -2.04. The topological polar surface area (TPSA) is 80.7 Å². The average Bonchev–Trinajstić information content (AvgIpc) is 3.20. The number of rotatable bonds is 6. The molecular weight excluding hydrogens is 300 g/mol. The van der Waals surface area contributed by atoms with Crippen LogP contribution >= 0.6 is 11.3 Å². The summed E-state index contributed by atoms with van der Waals surface area (Å²) in [6.07, 6.45) is 1.51. The van der Waals surface area contributed by atoms with Crippen molar-refractivity contribution in [3.8, 4) is 17.2 Å². The second kappa shape index (κ2) is 6.29. The maximum absolute atomic E-state index is 5.03. The summed E-state index contributed by atoms with van der Waals surface area (Å²) < 4.78 is 7.07. The van der Waals surface area contributed by atoms with E-state index >= 15 is 0 Å². The van der Waals surface area contributed by atoms with Crippen LogP contribution in [0, 0.1) is 13.8 Å². The van der Waals surface area contributed by atoms with Gasteiger partial charge < -0.3 is 10.1 Å². The third kappa shape index (κ3) is 2.75. The van der Waals surface area contributed by atoms with Gasteiger partial charge in [-0.15, -0.1) is 11.3 Å². The number of thiazole rings is 1. The highest BCUT2D eigenvalue weighted by molar-refractivity contribution is 7.14. The van der Waals surface area contributed by atoms with Crippen molar-refractivity contribution in [2.24, 2.45) is 0 Å². The maximum atomic E-state index is 5.03. The fraction of sp³-hybridized carbons (Fsp3) is 0.357. The monoisotopic (exact) mass is 318 g/mol. The fourth-order valence-corrected chi connectivity index (χ4v) is 3.13. The lowest BCUT2D eigenvalue weighted by molar-refractivity contribution is 0.211. The van der Waals surface area contributed by atoms with Gasteiger partial charge in [-0.25, -0.2) is 10.1 Å². The van der Waals surface area contributed by atoms with Gasteiger partial charge in [-0.2, -0.15) is 10.1 Å². The van der Waals surface area contributed by atoms with Gasteiger partial charge in [-0.3, -0.25) is 4.57 Å². The van der Waals surface area contributed by atoms with Crippen LogP contribution in [-0.2, 0) is 4.74 Å². The van der Waals surface area contributed by atoms with Crippen LogP contribution in [0.15, 0.2) is 17.8 Å². The molecule has 3 aromatic heterocycles. The van der Waals surface area contributed by atoms with Crippen LogP contribution in [0.4, 0.5) is 5.13 Å². The zero-order valence-electron chi connectivity index (χ0n) is 12.8. The first-order valence-corrected chi connectivity index (χ1v) is 7.82. The summed E-state index contributed by atoms with van der Waals surface area (Å²) in [7, 11) is 1.69. The van der Waals surface area contributed by atoms with E-state index in [0.29, 0.717) is 6.61 Å². The molecular formula is C14H18N6OS. The molecule has 0 spiro atoms. The Morgan fingerprint density at radius 3 is 3.00 bits per heavy atom. The first kappa shape index (κ1) is 14.7. The minimum Gasteiger partial charge on any atom is -0.383 e. The van der Waals surface area contributed by atoms with Gasteiger partial charge in [0.15, 0.2) is 5.13 Å². The lowest BCUT2D eigenvalue weighted by atomic mass is 10.2. The van der Waals surface area contributed by atoms with Crippen molar-refractivity contribution in [3.63, 3.8) is 0 Å². The van der Waals surface area contributed by atoms with Crippen LogP contribution < -0.4 is 5.32 Å². The van der Waals surface area contributed by atoms with Gasteiger partial charge in [0.05, 0.1) is 12.3 Å². The van der Waals surface area contributed by atoms with Crippen LogP contribution in [0.5, 0.6) is 0 Å². The number of ether oxygens (including phenoxy) is 1. The summed E-state index contributed by atoms with van der Waals surface area (Å²) >= 11 is 1.59. The SMILES string of the molecule is COCCNc1nc(-c2cc(C)n(-c3ncn[nH]3)c2C)cs1. The fourth-order valence-electron chi connectivity index (χ4n) is 2.39. The molecule has 0 aromatic carbocycles. The minimum atomic E-state index is 0.662. The number of methoxy groups -OCH3 is 1. The van der Waals surface area contributed by atoms with Crippen molar-refractivity contribution in [1.29, 1.82) is 0 Å². The van der Waals surface area contributed by atoms with E-state index in [1.807, 2.05) is 11.5 Å². The quantitative estimate of drug-likeness (QED) is 0.682. The molecule has 3 aromatic rings. The Bertz CT molecular complexity index is 746. The van der Waals surface area contributed by atoms with Crippen molar-refractivity contribution >= 4 is 16.5 Å². The number of nitrogens with zero attached hydrogens (tertiary/aromatic N) is 4. The maximum Gasteiger partial charge on any atom is 0.229 e. The van der Waals surface area contributed by atoms with Crippen LogP contribution in [0.2, 0.25) is 0 Å². The second-order valence-electron chi connectivity index (χ2n) is 4.89. The van der Waals surface area contributed by atoms with E-state index in [2.05, 4.69) is 43.9 Å². The second-order valence-corrected chi connectivity index (χ2v) is 5.74. The molecule has 0 saturated carbocycles. The molecule has 0 aliphatic carbocycles. The lowest BCUT2D eigenvalue weighted by Crippen LogP contribution is -2.07. The van der Waals surface area contributed by atoms with Gasteiger partial charge >= 0.3 is 0 Å². The molecule has 22 heavy (non-hydrogen) atoms. The van der Waals surface area contributed by atoms with E-state index in [9.17, 15) is 0 Å². The molecule has 0 bridgehead atoms. The Hall–Kier alpha value is -2.19. The number of aromatic amines is 1. The molecule has 3 rings (SSSR count). The minimum absolute atomic E-state index is 0.662. The summed E-state index contributed by atoms with van der Waals surface area (Å²) in [4.78, 5) is 8.86. The zero-order valence-corrected chi connectivity index (χ0v) is 13.6. The third-order valence-electron chi connectivity index (χ3n) is 3.41. The predicted octanol–water partition coefficient (Wildman–Crippen LogP) is 2.39. The van der Waals surface area contributed by atoms with Crippen molar-refractivity contribution in [1.82, 2.24) is 24.7 Å². The highest BCUT2D eigenvalue weighted by Crippen LogP contribution is 2.30. The number of H-pyrrole nitrogens is 1. The molecule has 0 atom stereocenters. The van der Waals surface area contributed by atoms with E-state index in [1.165, 1.54) is 6.33 Å². The van der Waals surface area contributed by atoms with Gasteiger partial charge in [0.25, 0.3) is 0 Å². The highest BCUT2D eigenvalue weighted by Gasteiger charge is 2.15. The summed E-state index contributed by atoms with van der Waals surface area (Å²) in [5.74, 6) is 0.718. The van der Waals surface area contributed by atoms with Crippen LogP contribution in [0.3, 0.4) is 0 Å². The summed E-state index contributed by atoms with van der Waals surface area (Å²) in [5, 5.41) is 13.0. The number of anilines is 1. The number of aromatic nitrogens is 5. The molecule has 0 unspecified atom stereocenters. The Balaban J connectivity index is 1.88. The molecule has 0 aliphatic heterocycles. The predicted molar refractivity (Wildman–Crippen MR) is 86.7 cm³/mol. The molecule has 8 heteroatoms. The summed E-state index contributed by atoms with van der Waals surface area (Å²) in [5.41, 5.74) is 4.24. The van der Waals surface area contributed by atoms with Crippen molar-refractivity contribution in [2.45, 2.75) is 13.8 Å². The van der Waals surface area contributed by atoms with E-state index in [1.54, 1.807) is 18.4 Å². The van der Waals surface area contributed by atoms with Crippen LogP contribution in [0.25, 0.3) is 17.2 Å². The highest BCUT2D eigenvalue weighted by atomic mass is 32.1. The first-order chi connectivity index (χ1) is 10.7. The Labute approximate surface area is 132 Å². The van der Waals surface area contributed by atoms with Gasteiger partial charge in [0.2, 0.25) is 5.95 Å². The number of hydrogen-bond donors (Lipinski definition) is 2. The standard InChI is InChI=1S/C14H18N6OS/c1-9-6-11(10(2)20(9)13-16-8-17-19-13)12-7-22-14(18-12)15-4-5-21-3/h6-8H,4-5H2,1-3H3,(H,15,18)(H,16,17,19). The van der Waals surface area contributed by atoms with E-state index in [-0.39, 0.29) is 0 Å². The molecule has 7 nitrogen and oxygen atoms in total. The third-order valence-corrected chi connectivity index (χ3v) is 4.21. The zero-order chi connectivity index (χ0) is 15.5. The normalized spacial score (nSPS) is 11.0. The molecule has 0 aliphatic rings. The average molecular weight is 318 g/mol. The molecule has 0 radical (unpaired) electrons. The van der Waals surface area contributed by atoms with Gasteiger partial charge in [0, 0.05) is 36.0 Å². The van der Waals surface area contributed by atoms with Crippen LogP contribution in [0.1, 0.15) is 11.4 Å². The number of nitrogens with one attached hydrogen (secondary N) is 2. The smallest absolute Gasteiger partial charge is 0.229 e. The molecule has 0 fully saturated rings. The van der Waals surface area contributed by atoms with E-state index in [4.69, 9.17) is 4.74 Å². The van der Waals surface area contributed by atoms with Gasteiger partial charge in [0.1, 0.15) is 6.33 Å². The Morgan fingerprint density at radius 1 is 1.41 bits per heavy atom. The molecule has 2 N–H and O–H groups in total. The number of aryl methyl sites for hydroxylation is 1. The number of hydrogen-bond acceptors (Lipinski definition) is 6. The molecule has 0 amide bonds. The molecule has 3 heterocycles. The van der Waals surface area contributed by atoms with Gasteiger partial charge in [-0.1, -0.05) is 0 Å². The molecule has 116 valence electrons. The largest absolute Gasteiger partial charge is 0.383 e. The summed E-state index contributed by atoms with van der Waals surface area (Å²) in [6, 6.07) is 2.12. The van der Waals surface area contributed by atoms with E-state index < -0.39 is 0 Å². The Kier molecular flexibility index (Phi) is 4.21. The molecule has 0 saturated heterocycles. The van der Waals surface area contributed by atoms with Crippen molar-refractivity contribution in [3.05, 3.63) is 29.2 Å². The van der Waals surface area contributed by atoms with Crippen molar-refractivity contribution < 1.29 is 4.74 Å². The van der Waals surface area contributed by atoms with Crippen molar-refractivity contribution in [2.75, 3.05) is 25.6 Å². The van der Waals surface area contributed by atoms with Crippen LogP contribution in [-0.4, -0.2) is 45.0 Å².